The van der Waals surface area contributed by atoms with Gasteiger partial charge in [-0.2, -0.15) is 0 Å². The molecule has 0 atom stereocenters. The Morgan fingerprint density at radius 2 is 1.40 bits per heavy atom. The first-order valence-corrected chi connectivity index (χ1v) is 13.7. The molecule has 0 unspecified atom stereocenters. The van der Waals surface area contributed by atoms with Crippen molar-refractivity contribution in [2.75, 3.05) is 7.05 Å². The van der Waals surface area contributed by atoms with E-state index in [9.17, 15) is 0 Å². The van der Waals surface area contributed by atoms with Crippen LogP contribution in [0, 0.1) is 0 Å². The van der Waals surface area contributed by atoms with Gasteiger partial charge in [0.25, 0.3) is 0 Å². The predicted octanol–water partition coefficient (Wildman–Crippen LogP) is 8.76. The van der Waals surface area contributed by atoms with Gasteiger partial charge >= 0.3 is 0 Å². The molecule has 0 aliphatic rings. The lowest BCUT2D eigenvalue weighted by molar-refractivity contribution is 1.05. The summed E-state index contributed by atoms with van der Waals surface area (Å²) in [6.45, 7) is 4.33. The Morgan fingerprint density at radius 3 is 1.98 bits per heavy atom. The summed E-state index contributed by atoms with van der Waals surface area (Å²) in [4.78, 5) is 18.8. The summed E-state index contributed by atoms with van der Waals surface area (Å²) >= 11 is 0. The third-order valence-corrected chi connectivity index (χ3v) is 6.64. The van der Waals surface area contributed by atoms with Gasteiger partial charge in [-0.25, -0.2) is 15.0 Å². The van der Waals surface area contributed by atoms with Crippen LogP contribution in [0.1, 0.15) is 32.3 Å². The van der Waals surface area contributed by atoms with Crippen molar-refractivity contribution in [2.45, 2.75) is 26.7 Å². The summed E-state index contributed by atoms with van der Waals surface area (Å²) in [7, 11) is 1.78. The number of rotatable bonds is 9. The van der Waals surface area contributed by atoms with Crippen LogP contribution in [0.15, 0.2) is 114 Å². The van der Waals surface area contributed by atoms with Crippen LogP contribution in [0.2, 0.25) is 0 Å². The highest BCUT2D eigenvalue weighted by Gasteiger charge is 2.15. The molecule has 3 aromatic carbocycles. The van der Waals surface area contributed by atoms with E-state index in [0.717, 1.165) is 46.0 Å². The number of aromatic nitrogens is 4. The molecule has 40 heavy (non-hydrogen) atoms. The fraction of sp³-hybridized carbons (Fsp3) is 0.143. The molecule has 5 rings (SSSR count). The maximum absolute atomic E-state index is 4.93. The number of aliphatic imine (C=N–C) groups is 1. The first-order valence-electron chi connectivity index (χ1n) is 13.7. The Balaban J connectivity index is 1.69. The normalized spacial score (nSPS) is 12.4. The van der Waals surface area contributed by atoms with Crippen LogP contribution in [0.4, 0.5) is 0 Å². The van der Waals surface area contributed by atoms with Crippen molar-refractivity contribution >= 4 is 28.9 Å². The van der Waals surface area contributed by atoms with E-state index in [-0.39, 0.29) is 0 Å². The zero-order chi connectivity index (χ0) is 27.7. The standard InChI is InChI=1S/C35H33N5/c1-4-6-9-20-30(5-2)40-25-29(19-14-23-36-3)31-24-28(21-22-32(31)40)35-38-33(26-15-10-7-11-16-26)37-34(39-35)27-17-12-8-13-18-27/h6-25H,4-5H2,1-3H3/b9-6-,19-14-,30-20+,36-23?. The van der Waals surface area contributed by atoms with E-state index in [1.807, 2.05) is 66.7 Å². The lowest BCUT2D eigenvalue weighted by Gasteiger charge is -2.10. The zero-order valence-corrected chi connectivity index (χ0v) is 23.2. The minimum Gasteiger partial charge on any atom is -0.320 e. The van der Waals surface area contributed by atoms with Crippen LogP contribution < -0.4 is 0 Å². The molecule has 5 nitrogen and oxygen atoms in total. The molecule has 0 amide bonds. The molecule has 0 fully saturated rings. The summed E-state index contributed by atoms with van der Waals surface area (Å²) in [5, 5.41) is 1.13. The van der Waals surface area contributed by atoms with Gasteiger partial charge in [-0.15, -0.1) is 0 Å². The molecule has 5 aromatic rings. The lowest BCUT2D eigenvalue weighted by Crippen LogP contribution is -2.00. The molecule has 0 saturated carbocycles. The van der Waals surface area contributed by atoms with Crippen molar-refractivity contribution in [1.29, 1.82) is 0 Å². The molecule has 0 radical (unpaired) electrons. The fourth-order valence-corrected chi connectivity index (χ4v) is 4.62. The molecular weight excluding hydrogens is 490 g/mol. The molecule has 0 aliphatic carbocycles. The van der Waals surface area contributed by atoms with E-state index in [2.05, 4.69) is 72.1 Å². The van der Waals surface area contributed by atoms with Gasteiger partial charge in [0, 0.05) is 52.8 Å². The van der Waals surface area contributed by atoms with E-state index in [0.29, 0.717) is 17.5 Å². The monoisotopic (exact) mass is 523 g/mol. The molecule has 0 N–H and O–H groups in total. The average molecular weight is 524 g/mol. The number of benzene rings is 3. The van der Waals surface area contributed by atoms with Crippen LogP contribution >= 0.6 is 0 Å². The molecule has 2 aromatic heterocycles. The van der Waals surface area contributed by atoms with Crippen molar-refractivity contribution < 1.29 is 0 Å². The van der Waals surface area contributed by atoms with Crippen molar-refractivity contribution in [1.82, 2.24) is 19.5 Å². The van der Waals surface area contributed by atoms with E-state index < -0.39 is 0 Å². The Hall–Kier alpha value is -4.90. The minimum absolute atomic E-state index is 0.643. The molecule has 0 aliphatic heterocycles. The molecule has 2 heterocycles. The Bertz CT molecular complexity index is 1650. The minimum atomic E-state index is 0.643. The second-order valence-electron chi connectivity index (χ2n) is 9.34. The predicted molar refractivity (Wildman–Crippen MR) is 169 cm³/mol. The lowest BCUT2D eigenvalue weighted by atomic mass is 10.1. The maximum atomic E-state index is 4.93. The number of nitrogens with zero attached hydrogens (tertiary/aromatic N) is 5. The topological polar surface area (TPSA) is 56.0 Å². The zero-order valence-electron chi connectivity index (χ0n) is 23.2. The Morgan fingerprint density at radius 1 is 0.775 bits per heavy atom. The fourth-order valence-electron chi connectivity index (χ4n) is 4.62. The summed E-state index contributed by atoms with van der Waals surface area (Å²) in [6.07, 6.45) is 16.5. The number of hydrogen-bond acceptors (Lipinski definition) is 4. The van der Waals surface area contributed by atoms with E-state index in [1.165, 1.54) is 5.70 Å². The van der Waals surface area contributed by atoms with E-state index in [4.69, 9.17) is 15.0 Å². The van der Waals surface area contributed by atoms with Crippen molar-refractivity contribution in [2.24, 2.45) is 4.99 Å². The van der Waals surface area contributed by atoms with Gasteiger partial charge in [-0.1, -0.05) is 92.7 Å². The first kappa shape index (κ1) is 26.7. The highest BCUT2D eigenvalue weighted by Crippen LogP contribution is 2.32. The number of hydrogen-bond donors (Lipinski definition) is 0. The van der Waals surface area contributed by atoms with Gasteiger partial charge in [-0.05, 0) is 43.2 Å². The van der Waals surface area contributed by atoms with Crippen molar-refractivity contribution in [3.05, 3.63) is 115 Å². The van der Waals surface area contributed by atoms with E-state index >= 15 is 0 Å². The highest BCUT2D eigenvalue weighted by molar-refractivity contribution is 5.96. The number of allylic oxidation sites excluding steroid dienone is 5. The van der Waals surface area contributed by atoms with Crippen LogP contribution in [0.25, 0.3) is 56.8 Å². The summed E-state index contributed by atoms with van der Waals surface area (Å²) in [5.41, 5.74) is 6.32. The molecule has 0 spiro atoms. The Kier molecular flexibility index (Phi) is 8.52. The van der Waals surface area contributed by atoms with Gasteiger partial charge in [0.05, 0.1) is 5.52 Å². The molecule has 198 valence electrons. The third-order valence-electron chi connectivity index (χ3n) is 6.64. The second kappa shape index (κ2) is 12.8. The second-order valence-corrected chi connectivity index (χ2v) is 9.34. The number of fused-ring (bicyclic) bond motifs is 1. The van der Waals surface area contributed by atoms with Crippen molar-refractivity contribution in [3.8, 4) is 34.2 Å². The van der Waals surface area contributed by atoms with Crippen LogP contribution in [-0.4, -0.2) is 32.8 Å². The largest absolute Gasteiger partial charge is 0.320 e. The van der Waals surface area contributed by atoms with Gasteiger partial charge in [-0.3, -0.25) is 4.99 Å². The van der Waals surface area contributed by atoms with Gasteiger partial charge in [0.1, 0.15) is 0 Å². The SMILES string of the molecule is CC/C=C\C=C(/CC)n1cc(/C=C\C=NC)c2cc(-c3nc(-c4ccccc4)nc(-c4ccccc4)n3)ccc21. The molecule has 0 saturated heterocycles. The third kappa shape index (κ3) is 5.89. The van der Waals surface area contributed by atoms with Gasteiger partial charge in [0.2, 0.25) is 0 Å². The van der Waals surface area contributed by atoms with Crippen molar-refractivity contribution in [3.63, 3.8) is 0 Å². The first-order chi connectivity index (χ1) is 19.7. The smallest absolute Gasteiger partial charge is 0.164 e. The van der Waals surface area contributed by atoms with E-state index in [1.54, 1.807) is 13.3 Å². The Labute approximate surface area is 236 Å². The maximum Gasteiger partial charge on any atom is 0.164 e. The quantitative estimate of drug-likeness (QED) is 0.143. The van der Waals surface area contributed by atoms with Crippen LogP contribution in [0.5, 0.6) is 0 Å². The molecule has 5 heteroatoms. The average Bonchev–Trinajstić information content (AvgIpc) is 3.37. The summed E-state index contributed by atoms with van der Waals surface area (Å²) < 4.78 is 2.28. The summed E-state index contributed by atoms with van der Waals surface area (Å²) in [6, 6.07) is 26.6. The van der Waals surface area contributed by atoms with Gasteiger partial charge in [0.15, 0.2) is 17.5 Å². The molecular formula is C35H33N5. The highest BCUT2D eigenvalue weighted by atomic mass is 15.0. The molecule has 0 bridgehead atoms. The van der Waals surface area contributed by atoms with Crippen LogP contribution in [-0.2, 0) is 0 Å². The van der Waals surface area contributed by atoms with Crippen LogP contribution in [0.3, 0.4) is 0 Å². The summed E-state index contributed by atoms with van der Waals surface area (Å²) in [5.74, 6) is 1.95. The van der Waals surface area contributed by atoms with Gasteiger partial charge < -0.3 is 4.57 Å².